The summed E-state index contributed by atoms with van der Waals surface area (Å²) in [6.45, 7) is 7.99. The summed E-state index contributed by atoms with van der Waals surface area (Å²) in [5, 5.41) is 3.39. The monoisotopic (exact) mass is 520 g/mol. The first-order valence-electron chi connectivity index (χ1n) is 12.4. The number of amides is 2. The molecule has 38 heavy (non-hydrogen) atoms. The van der Waals surface area contributed by atoms with Crippen LogP contribution in [-0.2, 0) is 9.53 Å². The third kappa shape index (κ3) is 6.53. The number of benzene rings is 1. The molecule has 2 amide bonds. The summed E-state index contributed by atoms with van der Waals surface area (Å²) in [5.74, 6) is 0.260. The van der Waals surface area contributed by atoms with Crippen LogP contribution in [0.1, 0.15) is 50.9 Å². The molecule has 200 valence electrons. The van der Waals surface area contributed by atoms with Crippen molar-refractivity contribution in [3.8, 4) is 17.0 Å². The van der Waals surface area contributed by atoms with Crippen LogP contribution in [0.4, 0.5) is 10.6 Å². The Bertz CT molecular complexity index is 1350. The summed E-state index contributed by atoms with van der Waals surface area (Å²) in [5.41, 5.74) is 7.28. The molecule has 0 unspecified atom stereocenters. The van der Waals surface area contributed by atoms with Gasteiger partial charge < -0.3 is 25.4 Å². The summed E-state index contributed by atoms with van der Waals surface area (Å²) < 4.78 is 11.0. The van der Waals surface area contributed by atoms with E-state index >= 15 is 0 Å². The molecule has 1 aliphatic heterocycles. The minimum absolute atomic E-state index is 0.0156. The summed E-state index contributed by atoms with van der Waals surface area (Å²) in [4.78, 5) is 51.3. The number of nitrogens with two attached hydrogens (primary N) is 1. The number of nitrogens with zero attached hydrogens (tertiary/aromatic N) is 4. The SMILES string of the molecule is CC(=O)COc1ccc(-c2cc(C(N)=O)c3ncnc(N[C@H]4CCCN(C(=O)OC(C)(C)C)C4)c3n2)cc1. The van der Waals surface area contributed by atoms with Crippen LogP contribution in [0.3, 0.4) is 0 Å². The first kappa shape index (κ1) is 26.8. The van der Waals surface area contributed by atoms with Crippen molar-refractivity contribution < 1.29 is 23.9 Å². The number of pyridine rings is 1. The molecule has 0 bridgehead atoms. The molecule has 3 heterocycles. The Morgan fingerprint density at radius 1 is 1.13 bits per heavy atom. The highest BCUT2D eigenvalue weighted by atomic mass is 16.6. The van der Waals surface area contributed by atoms with Crippen LogP contribution in [-0.4, -0.2) is 69.0 Å². The van der Waals surface area contributed by atoms with Crippen molar-refractivity contribution in [2.75, 3.05) is 25.0 Å². The minimum atomic E-state index is -0.640. The number of nitrogens with one attached hydrogen (secondary N) is 1. The number of aromatic nitrogens is 3. The fourth-order valence-corrected chi connectivity index (χ4v) is 4.17. The van der Waals surface area contributed by atoms with Gasteiger partial charge in [0.25, 0.3) is 5.91 Å². The summed E-state index contributed by atoms with van der Waals surface area (Å²) in [6.07, 6.45) is 2.61. The number of rotatable bonds is 7. The fourth-order valence-electron chi connectivity index (χ4n) is 4.17. The van der Waals surface area contributed by atoms with E-state index in [9.17, 15) is 14.4 Å². The van der Waals surface area contributed by atoms with E-state index in [0.29, 0.717) is 46.9 Å². The van der Waals surface area contributed by atoms with E-state index in [1.165, 1.54) is 13.3 Å². The van der Waals surface area contributed by atoms with Gasteiger partial charge in [0.05, 0.1) is 11.3 Å². The van der Waals surface area contributed by atoms with Gasteiger partial charge in [0.1, 0.15) is 35.3 Å². The Hall–Kier alpha value is -4.28. The topological polar surface area (TPSA) is 150 Å². The molecule has 3 aromatic rings. The Labute approximate surface area is 220 Å². The van der Waals surface area contributed by atoms with Crippen LogP contribution in [0.5, 0.6) is 5.75 Å². The van der Waals surface area contributed by atoms with Crippen LogP contribution in [0.15, 0.2) is 36.7 Å². The van der Waals surface area contributed by atoms with Crippen molar-refractivity contribution in [3.05, 3.63) is 42.2 Å². The average molecular weight is 521 g/mol. The Balaban J connectivity index is 1.63. The summed E-state index contributed by atoms with van der Waals surface area (Å²) in [6, 6.07) is 8.51. The number of Topliss-reactive ketones (excluding diaryl/α,β-unsaturated/α-hetero) is 1. The van der Waals surface area contributed by atoms with E-state index < -0.39 is 11.5 Å². The van der Waals surface area contributed by atoms with Crippen molar-refractivity contribution in [1.82, 2.24) is 19.9 Å². The standard InChI is InChI=1S/C27H32N6O5/c1-16(34)14-37-19-9-7-17(8-10-19)21-12-20(24(28)35)22-23(32-21)25(30-15-29-22)31-18-6-5-11-33(13-18)26(36)38-27(2,3)4/h7-10,12,15,18H,5-6,11,13-14H2,1-4H3,(H2,28,35)(H,29,30,31)/t18-/m0/s1. The molecule has 11 heteroatoms. The van der Waals surface area contributed by atoms with Gasteiger partial charge in [0, 0.05) is 24.7 Å². The van der Waals surface area contributed by atoms with E-state index in [1.54, 1.807) is 35.2 Å². The molecule has 0 spiro atoms. The number of hydrogen-bond acceptors (Lipinski definition) is 9. The molecule has 2 aromatic heterocycles. The van der Waals surface area contributed by atoms with Crippen molar-refractivity contribution in [3.63, 3.8) is 0 Å². The summed E-state index contributed by atoms with van der Waals surface area (Å²) in [7, 11) is 0. The van der Waals surface area contributed by atoms with Gasteiger partial charge in [0.2, 0.25) is 0 Å². The normalized spacial score (nSPS) is 15.7. The van der Waals surface area contributed by atoms with E-state index in [0.717, 1.165) is 12.8 Å². The maximum atomic E-state index is 12.6. The van der Waals surface area contributed by atoms with Gasteiger partial charge in [-0.15, -0.1) is 0 Å². The number of carbonyl (C=O) groups excluding carboxylic acids is 3. The molecule has 0 radical (unpaired) electrons. The van der Waals surface area contributed by atoms with E-state index in [1.807, 2.05) is 20.8 Å². The number of piperidine rings is 1. The molecule has 1 aliphatic rings. The fraction of sp³-hybridized carbons (Fsp3) is 0.407. The van der Waals surface area contributed by atoms with Crippen molar-refractivity contribution >= 4 is 34.6 Å². The number of ketones is 1. The van der Waals surface area contributed by atoms with Crippen molar-refractivity contribution in [2.45, 2.75) is 52.2 Å². The number of carbonyl (C=O) groups is 3. The first-order valence-corrected chi connectivity index (χ1v) is 12.4. The zero-order chi connectivity index (χ0) is 27.4. The molecule has 4 rings (SSSR count). The Morgan fingerprint density at radius 3 is 2.53 bits per heavy atom. The molecular formula is C27H32N6O5. The lowest BCUT2D eigenvalue weighted by atomic mass is 10.0. The maximum Gasteiger partial charge on any atom is 0.410 e. The van der Waals surface area contributed by atoms with Crippen molar-refractivity contribution in [1.29, 1.82) is 0 Å². The smallest absolute Gasteiger partial charge is 0.410 e. The van der Waals surface area contributed by atoms with Crippen LogP contribution in [0, 0.1) is 0 Å². The largest absolute Gasteiger partial charge is 0.486 e. The first-order chi connectivity index (χ1) is 18.0. The zero-order valence-corrected chi connectivity index (χ0v) is 22.0. The highest BCUT2D eigenvalue weighted by Gasteiger charge is 2.28. The number of likely N-dealkylation sites (tertiary alicyclic amines) is 1. The highest BCUT2D eigenvalue weighted by Crippen LogP contribution is 2.29. The number of primary amides is 1. The Morgan fingerprint density at radius 2 is 1.87 bits per heavy atom. The number of ether oxygens (including phenoxy) is 2. The highest BCUT2D eigenvalue weighted by molar-refractivity contribution is 6.06. The second-order valence-corrected chi connectivity index (χ2v) is 10.3. The molecular weight excluding hydrogens is 488 g/mol. The van der Waals surface area contributed by atoms with Crippen LogP contribution in [0.2, 0.25) is 0 Å². The van der Waals surface area contributed by atoms with Gasteiger partial charge in [-0.3, -0.25) is 9.59 Å². The number of hydrogen-bond donors (Lipinski definition) is 2. The van der Waals surface area contributed by atoms with Crippen LogP contribution < -0.4 is 15.8 Å². The van der Waals surface area contributed by atoms with Gasteiger partial charge in [-0.2, -0.15) is 0 Å². The van der Waals surface area contributed by atoms with Gasteiger partial charge in [-0.05, 0) is 70.9 Å². The number of anilines is 1. The second-order valence-electron chi connectivity index (χ2n) is 10.3. The van der Waals surface area contributed by atoms with E-state index in [-0.39, 0.29) is 30.1 Å². The van der Waals surface area contributed by atoms with Crippen LogP contribution in [0.25, 0.3) is 22.3 Å². The molecule has 3 N–H and O–H groups in total. The molecule has 1 saturated heterocycles. The van der Waals surface area contributed by atoms with Gasteiger partial charge in [0.15, 0.2) is 11.6 Å². The molecule has 0 aliphatic carbocycles. The third-order valence-corrected chi connectivity index (χ3v) is 5.86. The minimum Gasteiger partial charge on any atom is -0.486 e. The third-order valence-electron chi connectivity index (χ3n) is 5.86. The van der Waals surface area contributed by atoms with Crippen molar-refractivity contribution in [2.24, 2.45) is 5.73 Å². The molecule has 1 aromatic carbocycles. The quantitative estimate of drug-likeness (QED) is 0.476. The lowest BCUT2D eigenvalue weighted by Gasteiger charge is -2.34. The predicted octanol–water partition coefficient (Wildman–Crippen LogP) is 3.57. The zero-order valence-electron chi connectivity index (χ0n) is 22.0. The second kappa shape index (κ2) is 11.0. The van der Waals surface area contributed by atoms with E-state index in [4.69, 9.17) is 20.2 Å². The molecule has 1 fully saturated rings. The number of fused-ring (bicyclic) bond motifs is 1. The van der Waals surface area contributed by atoms with Gasteiger partial charge >= 0.3 is 6.09 Å². The molecule has 1 atom stereocenters. The molecule has 11 nitrogen and oxygen atoms in total. The van der Waals surface area contributed by atoms with Gasteiger partial charge in [-0.1, -0.05) is 0 Å². The molecule has 0 saturated carbocycles. The Kier molecular flexibility index (Phi) is 7.75. The average Bonchev–Trinajstić information content (AvgIpc) is 2.86. The van der Waals surface area contributed by atoms with Gasteiger partial charge in [-0.25, -0.2) is 19.7 Å². The predicted molar refractivity (Wildman–Crippen MR) is 142 cm³/mol. The lowest BCUT2D eigenvalue weighted by Crippen LogP contribution is -2.47. The van der Waals surface area contributed by atoms with E-state index in [2.05, 4.69) is 15.3 Å². The maximum absolute atomic E-state index is 12.6. The lowest BCUT2D eigenvalue weighted by molar-refractivity contribution is -0.118. The van der Waals surface area contributed by atoms with Crippen LogP contribution >= 0.6 is 0 Å². The summed E-state index contributed by atoms with van der Waals surface area (Å²) >= 11 is 0.